The number of nitrogens with zero attached hydrogens (tertiary/aromatic N) is 1. The molecule has 0 aliphatic rings. The van der Waals surface area contributed by atoms with E-state index in [0.717, 1.165) is 0 Å². The van der Waals surface area contributed by atoms with Crippen LogP contribution in [0.3, 0.4) is 0 Å². The lowest BCUT2D eigenvalue weighted by molar-refractivity contribution is -0.385. The van der Waals surface area contributed by atoms with Gasteiger partial charge in [0, 0.05) is 5.56 Å². The largest absolute Gasteiger partial charge is 0.457 e. The molecule has 0 bridgehead atoms. The highest BCUT2D eigenvalue weighted by Crippen LogP contribution is 2.23. The zero-order chi connectivity index (χ0) is 13.0. The van der Waals surface area contributed by atoms with Gasteiger partial charge in [0.2, 0.25) is 0 Å². The summed E-state index contributed by atoms with van der Waals surface area (Å²) in [7, 11) is 0. The smallest absolute Gasteiger partial charge is 0.345 e. The van der Waals surface area contributed by atoms with Crippen molar-refractivity contribution in [2.24, 2.45) is 0 Å². The van der Waals surface area contributed by atoms with Crippen molar-refractivity contribution in [3.8, 4) is 0 Å². The second kappa shape index (κ2) is 5.25. The molecule has 1 rings (SSSR count). The molecule has 0 saturated heterocycles. The minimum Gasteiger partial charge on any atom is -0.457 e. The van der Waals surface area contributed by atoms with Crippen LogP contribution < -0.4 is 0 Å². The number of ether oxygens (including phenoxy) is 1. The van der Waals surface area contributed by atoms with E-state index in [1.165, 1.54) is 6.07 Å². The lowest BCUT2D eigenvalue weighted by atomic mass is 10.1. The number of carbonyl (C=O) groups is 1. The Morgan fingerprint density at radius 2 is 2.18 bits per heavy atom. The summed E-state index contributed by atoms with van der Waals surface area (Å²) in [6, 6.07) is 4.54. The topological polar surface area (TPSA) is 69.4 Å². The van der Waals surface area contributed by atoms with Crippen LogP contribution in [0.25, 0.3) is 0 Å². The quantitative estimate of drug-likeness (QED) is 0.348. The van der Waals surface area contributed by atoms with Gasteiger partial charge in [0.15, 0.2) is 0 Å². The predicted molar refractivity (Wildman–Crippen MR) is 62.9 cm³/mol. The summed E-state index contributed by atoms with van der Waals surface area (Å²) in [5.41, 5.74) is 0.865. The summed E-state index contributed by atoms with van der Waals surface area (Å²) in [5, 5.41) is 10.9. The predicted octanol–water partition coefficient (Wildman–Crippen LogP) is 2.64. The van der Waals surface area contributed by atoms with Crippen molar-refractivity contribution in [2.75, 3.05) is 6.61 Å². The minimum atomic E-state index is -0.705. The molecule has 0 radical (unpaired) electrons. The van der Waals surface area contributed by atoms with E-state index in [9.17, 15) is 14.9 Å². The van der Waals surface area contributed by atoms with Crippen LogP contribution in [0.15, 0.2) is 30.4 Å². The average Bonchev–Trinajstić information content (AvgIpc) is 2.24. The number of nitro benzene ring substituents is 1. The molecule has 0 atom stereocenters. The minimum absolute atomic E-state index is 0.0312. The molecular formula is C12H13NO4. The van der Waals surface area contributed by atoms with E-state index < -0.39 is 10.9 Å². The first kappa shape index (κ1) is 12.9. The second-order valence-electron chi connectivity index (χ2n) is 3.76. The van der Waals surface area contributed by atoms with Crippen molar-refractivity contribution in [2.45, 2.75) is 13.8 Å². The van der Waals surface area contributed by atoms with Crippen molar-refractivity contribution in [1.82, 2.24) is 0 Å². The summed E-state index contributed by atoms with van der Waals surface area (Å²) >= 11 is 0. The first-order chi connectivity index (χ1) is 7.93. The van der Waals surface area contributed by atoms with E-state index >= 15 is 0 Å². The molecule has 0 heterocycles. The molecule has 0 N–H and O–H groups in total. The summed E-state index contributed by atoms with van der Waals surface area (Å²) in [6.07, 6.45) is 0. The maximum atomic E-state index is 11.7. The Kier molecular flexibility index (Phi) is 3.98. The van der Waals surface area contributed by atoms with E-state index in [-0.39, 0.29) is 17.9 Å². The maximum Gasteiger partial charge on any atom is 0.345 e. The number of esters is 1. The zero-order valence-corrected chi connectivity index (χ0v) is 9.73. The van der Waals surface area contributed by atoms with E-state index in [4.69, 9.17) is 4.74 Å². The number of hydrogen-bond acceptors (Lipinski definition) is 4. The molecule has 0 aromatic heterocycles. The van der Waals surface area contributed by atoms with Gasteiger partial charge in [0.1, 0.15) is 12.2 Å². The molecule has 5 nitrogen and oxygen atoms in total. The molecule has 0 spiro atoms. The fraction of sp³-hybridized carbons (Fsp3) is 0.250. The molecule has 17 heavy (non-hydrogen) atoms. The van der Waals surface area contributed by atoms with Crippen molar-refractivity contribution in [3.05, 3.63) is 51.6 Å². The number of carbonyl (C=O) groups excluding carboxylic acids is 1. The number of para-hydroxylation sites is 1. The van der Waals surface area contributed by atoms with Crippen LogP contribution in [-0.2, 0) is 4.74 Å². The van der Waals surface area contributed by atoms with Crippen molar-refractivity contribution < 1.29 is 14.5 Å². The Bertz CT molecular complexity index is 479. The van der Waals surface area contributed by atoms with Gasteiger partial charge >= 0.3 is 5.97 Å². The zero-order valence-electron chi connectivity index (χ0n) is 9.73. The van der Waals surface area contributed by atoms with Crippen LogP contribution in [0, 0.1) is 17.0 Å². The lowest BCUT2D eigenvalue weighted by Crippen LogP contribution is -2.10. The van der Waals surface area contributed by atoms with Gasteiger partial charge in [0.05, 0.1) is 4.92 Å². The normalized spacial score (nSPS) is 9.76. The molecule has 0 saturated carbocycles. The van der Waals surface area contributed by atoms with Crippen LogP contribution >= 0.6 is 0 Å². The highest BCUT2D eigenvalue weighted by Gasteiger charge is 2.23. The SMILES string of the molecule is C=C(C)COC(=O)c1cccc(C)c1[N+](=O)[O-]. The maximum absolute atomic E-state index is 11.7. The summed E-state index contributed by atoms with van der Waals surface area (Å²) in [5.74, 6) is -0.705. The van der Waals surface area contributed by atoms with Crippen molar-refractivity contribution in [3.63, 3.8) is 0 Å². The highest BCUT2D eigenvalue weighted by molar-refractivity contribution is 5.94. The second-order valence-corrected chi connectivity index (χ2v) is 3.76. The summed E-state index contributed by atoms with van der Waals surface area (Å²) in [4.78, 5) is 21.9. The Balaban J connectivity index is 3.05. The van der Waals surface area contributed by atoms with Gasteiger partial charge < -0.3 is 4.74 Å². The van der Waals surface area contributed by atoms with Gasteiger partial charge in [-0.3, -0.25) is 10.1 Å². The first-order valence-electron chi connectivity index (χ1n) is 4.99. The molecule has 0 fully saturated rings. The van der Waals surface area contributed by atoms with Crippen LogP contribution in [0.4, 0.5) is 5.69 Å². The van der Waals surface area contributed by atoms with Gasteiger partial charge in [0.25, 0.3) is 5.69 Å². The highest BCUT2D eigenvalue weighted by atomic mass is 16.6. The van der Waals surface area contributed by atoms with Crippen molar-refractivity contribution >= 4 is 11.7 Å². The van der Waals surface area contributed by atoms with Crippen molar-refractivity contribution in [1.29, 1.82) is 0 Å². The molecule has 1 aromatic rings. The average molecular weight is 235 g/mol. The van der Waals surface area contributed by atoms with Gasteiger partial charge in [-0.25, -0.2) is 4.79 Å². The standard InChI is InChI=1S/C12H13NO4/c1-8(2)7-17-12(14)10-6-4-5-9(3)11(10)13(15)16/h4-6H,1,7H2,2-3H3. The first-order valence-corrected chi connectivity index (χ1v) is 4.99. The molecule has 0 unspecified atom stereocenters. The molecular weight excluding hydrogens is 222 g/mol. The van der Waals surface area contributed by atoms with Gasteiger partial charge in [-0.1, -0.05) is 18.7 Å². The molecule has 0 aliphatic heterocycles. The van der Waals surface area contributed by atoms with Gasteiger partial charge in [-0.2, -0.15) is 0 Å². The van der Waals surface area contributed by atoms with E-state index in [2.05, 4.69) is 6.58 Å². The van der Waals surface area contributed by atoms with Gasteiger partial charge in [-0.15, -0.1) is 0 Å². The van der Waals surface area contributed by atoms with Crippen LogP contribution in [-0.4, -0.2) is 17.5 Å². The molecule has 1 aromatic carbocycles. The third-order valence-corrected chi connectivity index (χ3v) is 2.09. The van der Waals surface area contributed by atoms with E-state index in [1.807, 2.05) is 0 Å². The third kappa shape index (κ3) is 3.14. The van der Waals surface area contributed by atoms with E-state index in [0.29, 0.717) is 11.1 Å². The molecule has 0 aliphatic carbocycles. The van der Waals surface area contributed by atoms with Gasteiger partial charge in [-0.05, 0) is 25.5 Å². The Morgan fingerprint density at radius 1 is 1.53 bits per heavy atom. The molecule has 0 amide bonds. The van der Waals surface area contributed by atoms with Crippen LogP contribution in [0.5, 0.6) is 0 Å². The fourth-order valence-electron chi connectivity index (χ4n) is 1.33. The number of benzene rings is 1. The summed E-state index contributed by atoms with van der Waals surface area (Å²) < 4.78 is 4.89. The molecule has 5 heteroatoms. The number of aryl methyl sites for hydroxylation is 1. The lowest BCUT2D eigenvalue weighted by Gasteiger charge is -2.06. The Morgan fingerprint density at radius 3 is 2.71 bits per heavy atom. The number of hydrogen-bond donors (Lipinski definition) is 0. The number of rotatable bonds is 4. The Hall–Kier alpha value is -2.17. The molecule has 90 valence electrons. The number of nitro groups is 1. The monoisotopic (exact) mass is 235 g/mol. The third-order valence-electron chi connectivity index (χ3n) is 2.09. The van der Waals surface area contributed by atoms with E-state index in [1.54, 1.807) is 26.0 Å². The van der Waals surface area contributed by atoms with Crippen LogP contribution in [0.1, 0.15) is 22.8 Å². The fourth-order valence-corrected chi connectivity index (χ4v) is 1.33. The van der Waals surface area contributed by atoms with Crippen LogP contribution in [0.2, 0.25) is 0 Å². The Labute approximate surface area is 98.9 Å². The summed E-state index contributed by atoms with van der Waals surface area (Å²) in [6.45, 7) is 6.93.